The molecule has 0 aliphatic rings. The van der Waals surface area contributed by atoms with Gasteiger partial charge in [-0.05, 0) is 39.8 Å². The molecule has 20 heavy (non-hydrogen) atoms. The van der Waals surface area contributed by atoms with E-state index < -0.39 is 23.9 Å². The molecule has 7 N–H and O–H groups in total. The summed E-state index contributed by atoms with van der Waals surface area (Å²) in [5, 5.41) is 7.72. The lowest BCUT2D eigenvalue weighted by atomic mass is 10.1. The first-order valence-corrected chi connectivity index (χ1v) is 6.66. The lowest BCUT2D eigenvalue weighted by Gasteiger charge is -2.19. The highest BCUT2D eigenvalue weighted by atomic mass is 16.2. The van der Waals surface area contributed by atoms with E-state index in [1.165, 1.54) is 0 Å². The Morgan fingerprint density at radius 1 is 1.15 bits per heavy atom. The van der Waals surface area contributed by atoms with Crippen LogP contribution < -0.4 is 27.4 Å². The maximum atomic E-state index is 11.9. The second-order valence-corrected chi connectivity index (χ2v) is 4.57. The molecule has 0 saturated heterocycles. The van der Waals surface area contributed by atoms with Gasteiger partial charge < -0.3 is 27.4 Å². The number of unbranched alkanes of at least 4 members (excludes halogenated alkanes) is 1. The summed E-state index contributed by atoms with van der Waals surface area (Å²) in [4.78, 5) is 34.4. The zero-order valence-electron chi connectivity index (χ0n) is 12.1. The number of likely N-dealkylation sites (N-methyl/N-ethyl adjacent to an activating group) is 1. The number of hydrogen-bond acceptors (Lipinski definition) is 5. The van der Waals surface area contributed by atoms with E-state index in [0.29, 0.717) is 19.4 Å². The van der Waals surface area contributed by atoms with Crippen molar-refractivity contribution >= 4 is 17.7 Å². The molecule has 0 aliphatic carbocycles. The van der Waals surface area contributed by atoms with Gasteiger partial charge in [0.25, 0.3) is 0 Å². The van der Waals surface area contributed by atoms with Crippen molar-refractivity contribution in [1.29, 1.82) is 0 Å². The molecule has 0 bridgehead atoms. The molecule has 0 spiro atoms. The Bertz CT molecular complexity index is 335. The van der Waals surface area contributed by atoms with Gasteiger partial charge in [0.05, 0.1) is 6.54 Å². The standard InChI is InChI=1S/C12H25N5O3/c1-8(16-10(18)7-15-2)12(20)17-9(11(14)19)5-3-4-6-13/h8-9,15H,3-7,13H2,1-2H3,(H2,14,19)(H,16,18)(H,17,20). The smallest absolute Gasteiger partial charge is 0.242 e. The van der Waals surface area contributed by atoms with Crippen LogP contribution in [0.4, 0.5) is 0 Å². The molecule has 2 unspecified atom stereocenters. The first-order chi connectivity index (χ1) is 9.42. The molecule has 8 nitrogen and oxygen atoms in total. The predicted molar refractivity (Wildman–Crippen MR) is 75.6 cm³/mol. The zero-order valence-corrected chi connectivity index (χ0v) is 12.1. The molecular weight excluding hydrogens is 262 g/mol. The highest BCUT2D eigenvalue weighted by molar-refractivity contribution is 5.91. The summed E-state index contributed by atoms with van der Waals surface area (Å²) in [5.74, 6) is -1.33. The fourth-order valence-electron chi connectivity index (χ4n) is 1.59. The average Bonchev–Trinajstić information content (AvgIpc) is 2.37. The van der Waals surface area contributed by atoms with Crippen LogP contribution in [0, 0.1) is 0 Å². The number of amides is 3. The first kappa shape index (κ1) is 18.3. The molecule has 0 aromatic heterocycles. The normalized spacial score (nSPS) is 13.3. The maximum Gasteiger partial charge on any atom is 0.242 e. The molecule has 116 valence electrons. The SMILES string of the molecule is CNCC(=O)NC(C)C(=O)NC(CCCCN)C(N)=O. The quantitative estimate of drug-likeness (QED) is 0.290. The molecule has 0 aliphatic heterocycles. The van der Waals surface area contributed by atoms with Gasteiger partial charge in [0.2, 0.25) is 17.7 Å². The highest BCUT2D eigenvalue weighted by Gasteiger charge is 2.21. The summed E-state index contributed by atoms with van der Waals surface area (Å²) < 4.78 is 0. The van der Waals surface area contributed by atoms with Crippen molar-refractivity contribution in [3.8, 4) is 0 Å². The lowest BCUT2D eigenvalue weighted by molar-refractivity contribution is -0.130. The summed E-state index contributed by atoms with van der Waals surface area (Å²) in [5.41, 5.74) is 10.6. The molecule has 2 atom stereocenters. The third kappa shape index (κ3) is 7.70. The number of rotatable bonds is 10. The molecule has 0 heterocycles. The molecule has 0 fully saturated rings. The van der Waals surface area contributed by atoms with Crippen LogP contribution in [0.15, 0.2) is 0 Å². The molecule has 0 rings (SSSR count). The van der Waals surface area contributed by atoms with E-state index in [1.54, 1.807) is 14.0 Å². The summed E-state index contributed by atoms with van der Waals surface area (Å²) in [6, 6.07) is -1.47. The summed E-state index contributed by atoms with van der Waals surface area (Å²) >= 11 is 0. The summed E-state index contributed by atoms with van der Waals surface area (Å²) in [7, 11) is 1.63. The van der Waals surface area contributed by atoms with E-state index >= 15 is 0 Å². The molecule has 0 radical (unpaired) electrons. The van der Waals surface area contributed by atoms with Gasteiger partial charge in [0.1, 0.15) is 12.1 Å². The molecule has 0 aromatic rings. The minimum atomic E-state index is -0.738. The van der Waals surface area contributed by atoms with Gasteiger partial charge in [-0.25, -0.2) is 0 Å². The Hall–Kier alpha value is -1.67. The van der Waals surface area contributed by atoms with E-state index in [4.69, 9.17) is 11.5 Å². The minimum absolute atomic E-state index is 0.118. The summed E-state index contributed by atoms with van der Waals surface area (Å²) in [6.45, 7) is 2.18. The second kappa shape index (κ2) is 10.2. The Morgan fingerprint density at radius 3 is 2.30 bits per heavy atom. The van der Waals surface area contributed by atoms with Gasteiger partial charge in [0, 0.05) is 0 Å². The summed E-state index contributed by atoms with van der Waals surface area (Å²) in [6.07, 6.45) is 1.90. The van der Waals surface area contributed by atoms with Crippen LogP contribution in [0.1, 0.15) is 26.2 Å². The average molecular weight is 287 g/mol. The van der Waals surface area contributed by atoms with Gasteiger partial charge in [-0.3, -0.25) is 14.4 Å². The fourth-order valence-corrected chi connectivity index (χ4v) is 1.59. The Labute approximate surface area is 119 Å². The second-order valence-electron chi connectivity index (χ2n) is 4.57. The van der Waals surface area contributed by atoms with Crippen molar-refractivity contribution in [1.82, 2.24) is 16.0 Å². The van der Waals surface area contributed by atoms with Gasteiger partial charge in [-0.2, -0.15) is 0 Å². The molecule has 0 saturated carbocycles. The lowest BCUT2D eigenvalue weighted by Crippen LogP contribution is -2.52. The number of primary amides is 1. The van der Waals surface area contributed by atoms with E-state index in [0.717, 1.165) is 6.42 Å². The van der Waals surface area contributed by atoms with Crippen molar-refractivity contribution in [2.75, 3.05) is 20.1 Å². The molecule has 8 heteroatoms. The van der Waals surface area contributed by atoms with Crippen LogP contribution in [-0.2, 0) is 14.4 Å². The van der Waals surface area contributed by atoms with Crippen molar-refractivity contribution < 1.29 is 14.4 Å². The topological polar surface area (TPSA) is 139 Å². The van der Waals surface area contributed by atoms with Crippen LogP contribution >= 0.6 is 0 Å². The van der Waals surface area contributed by atoms with E-state index in [9.17, 15) is 14.4 Å². The van der Waals surface area contributed by atoms with Gasteiger partial charge >= 0.3 is 0 Å². The van der Waals surface area contributed by atoms with Gasteiger partial charge in [0.15, 0.2) is 0 Å². The van der Waals surface area contributed by atoms with Crippen LogP contribution in [0.2, 0.25) is 0 Å². The highest BCUT2D eigenvalue weighted by Crippen LogP contribution is 2.00. The van der Waals surface area contributed by atoms with Crippen LogP contribution in [-0.4, -0.2) is 49.9 Å². The number of hydrogen-bond donors (Lipinski definition) is 5. The third-order valence-electron chi connectivity index (χ3n) is 2.71. The molecular formula is C12H25N5O3. The molecule has 0 aromatic carbocycles. The van der Waals surface area contributed by atoms with E-state index in [-0.39, 0.29) is 12.5 Å². The third-order valence-corrected chi connectivity index (χ3v) is 2.71. The van der Waals surface area contributed by atoms with Crippen LogP contribution in [0.25, 0.3) is 0 Å². The number of carbonyl (C=O) groups excluding carboxylic acids is 3. The fraction of sp³-hybridized carbons (Fsp3) is 0.750. The van der Waals surface area contributed by atoms with Crippen molar-refractivity contribution in [2.24, 2.45) is 11.5 Å². The number of carbonyl (C=O) groups is 3. The predicted octanol–water partition coefficient (Wildman–Crippen LogP) is -2.19. The largest absolute Gasteiger partial charge is 0.368 e. The van der Waals surface area contributed by atoms with E-state index in [1.807, 2.05) is 0 Å². The Balaban J connectivity index is 4.29. The number of nitrogens with one attached hydrogen (secondary N) is 3. The van der Waals surface area contributed by atoms with Gasteiger partial charge in [-0.1, -0.05) is 0 Å². The first-order valence-electron chi connectivity index (χ1n) is 6.66. The minimum Gasteiger partial charge on any atom is -0.368 e. The van der Waals surface area contributed by atoms with Gasteiger partial charge in [-0.15, -0.1) is 0 Å². The number of nitrogens with two attached hydrogens (primary N) is 2. The van der Waals surface area contributed by atoms with Crippen LogP contribution in [0.5, 0.6) is 0 Å². The zero-order chi connectivity index (χ0) is 15.5. The Morgan fingerprint density at radius 2 is 1.80 bits per heavy atom. The Kier molecular flexibility index (Phi) is 9.31. The van der Waals surface area contributed by atoms with Crippen molar-refractivity contribution in [3.05, 3.63) is 0 Å². The molecule has 3 amide bonds. The maximum absolute atomic E-state index is 11.9. The van der Waals surface area contributed by atoms with Crippen molar-refractivity contribution in [2.45, 2.75) is 38.3 Å². The van der Waals surface area contributed by atoms with E-state index in [2.05, 4.69) is 16.0 Å². The van der Waals surface area contributed by atoms with Crippen molar-refractivity contribution in [3.63, 3.8) is 0 Å². The monoisotopic (exact) mass is 287 g/mol. The van der Waals surface area contributed by atoms with Crippen LogP contribution in [0.3, 0.4) is 0 Å².